The Morgan fingerprint density at radius 3 is 2.85 bits per heavy atom. The van der Waals surface area contributed by atoms with Crippen molar-refractivity contribution >= 4 is 22.8 Å². The molecule has 0 fully saturated rings. The van der Waals surface area contributed by atoms with E-state index in [4.69, 9.17) is 16.7 Å². The van der Waals surface area contributed by atoms with Crippen LogP contribution in [0.5, 0.6) is 5.88 Å². The zero-order chi connectivity index (χ0) is 9.84. The van der Waals surface area contributed by atoms with Gasteiger partial charge in [0.1, 0.15) is 0 Å². The van der Waals surface area contributed by atoms with Crippen LogP contribution in [0.4, 0.5) is 0 Å². The molecule has 0 saturated heterocycles. The summed E-state index contributed by atoms with van der Waals surface area (Å²) in [5.74, 6) is -1.43. The molecule has 0 bridgehead atoms. The van der Waals surface area contributed by atoms with Crippen molar-refractivity contribution in [2.24, 2.45) is 0 Å². The topological polar surface area (TPSA) is 89.6 Å². The highest BCUT2D eigenvalue weighted by Gasteiger charge is 2.11. The minimum absolute atomic E-state index is 0.0913. The van der Waals surface area contributed by atoms with Crippen molar-refractivity contribution < 1.29 is 24.0 Å². The summed E-state index contributed by atoms with van der Waals surface area (Å²) in [6.45, 7) is -0.553. The van der Waals surface area contributed by atoms with Crippen molar-refractivity contribution in [3.05, 3.63) is 11.8 Å². The van der Waals surface area contributed by atoms with Crippen molar-refractivity contribution in [1.29, 1.82) is 0 Å². The molecular weight excluding hydrogens is 202 g/mol. The van der Waals surface area contributed by atoms with Crippen molar-refractivity contribution in [2.45, 2.75) is 0 Å². The van der Waals surface area contributed by atoms with E-state index in [9.17, 15) is 9.59 Å². The average molecular weight is 206 g/mol. The number of nitrogens with zero attached hydrogens (tertiary/aromatic N) is 1. The first-order chi connectivity index (χ1) is 6.09. The lowest BCUT2D eigenvalue weighted by molar-refractivity contribution is -0.139. The second kappa shape index (κ2) is 3.90. The Balaban J connectivity index is 2.59. The number of aliphatic carboxylic acids is 1. The molecule has 1 rings (SSSR count). The van der Waals surface area contributed by atoms with Gasteiger partial charge in [-0.05, 0) is 16.8 Å². The second-order valence-corrected chi connectivity index (χ2v) is 2.33. The van der Waals surface area contributed by atoms with Crippen LogP contribution in [0.1, 0.15) is 10.6 Å². The summed E-state index contributed by atoms with van der Waals surface area (Å²) in [4.78, 5) is 20.5. The number of halogens is 1. The van der Waals surface area contributed by atoms with Crippen LogP contribution >= 0.6 is 11.6 Å². The highest BCUT2D eigenvalue weighted by atomic mass is 35.5. The van der Waals surface area contributed by atoms with E-state index in [1.54, 1.807) is 0 Å². The van der Waals surface area contributed by atoms with Gasteiger partial charge in [-0.25, -0.2) is 4.79 Å². The molecule has 0 aliphatic rings. The smallest absolute Gasteiger partial charge is 0.341 e. The molecule has 1 aromatic heterocycles. The molecule has 6 nitrogen and oxygen atoms in total. The molecule has 1 N–H and O–H groups in total. The number of ether oxygens (including phenoxy) is 1. The van der Waals surface area contributed by atoms with Gasteiger partial charge in [0.05, 0.1) is 6.07 Å². The van der Waals surface area contributed by atoms with Gasteiger partial charge in [-0.2, -0.15) is 0 Å². The maximum absolute atomic E-state index is 10.5. The maximum atomic E-state index is 10.5. The monoisotopic (exact) mass is 205 g/mol. The summed E-state index contributed by atoms with van der Waals surface area (Å²) in [7, 11) is 0. The van der Waals surface area contributed by atoms with E-state index in [0.29, 0.717) is 0 Å². The fourth-order valence-electron chi connectivity index (χ4n) is 0.555. The van der Waals surface area contributed by atoms with Gasteiger partial charge in [0.25, 0.3) is 11.1 Å². The number of carbonyl (C=O) groups excluding carboxylic acids is 1. The first-order valence-corrected chi connectivity index (χ1v) is 3.48. The van der Waals surface area contributed by atoms with Crippen molar-refractivity contribution in [3.63, 3.8) is 0 Å². The van der Waals surface area contributed by atoms with Crippen LogP contribution in [0.3, 0.4) is 0 Å². The third-order valence-corrected chi connectivity index (χ3v) is 1.21. The van der Waals surface area contributed by atoms with Gasteiger partial charge in [-0.3, -0.25) is 4.79 Å². The third kappa shape index (κ3) is 2.75. The fourth-order valence-corrected chi connectivity index (χ4v) is 0.644. The second-order valence-electron chi connectivity index (χ2n) is 1.99. The molecule has 0 aliphatic heterocycles. The molecule has 0 unspecified atom stereocenters. The highest BCUT2D eigenvalue weighted by Crippen LogP contribution is 2.12. The number of carbonyl (C=O) groups is 2. The van der Waals surface area contributed by atoms with Crippen LogP contribution in [0.2, 0.25) is 0 Å². The summed E-state index contributed by atoms with van der Waals surface area (Å²) < 4.78 is 8.99. The van der Waals surface area contributed by atoms with Crippen molar-refractivity contribution in [1.82, 2.24) is 5.16 Å². The van der Waals surface area contributed by atoms with Gasteiger partial charge in [0.15, 0.2) is 6.61 Å². The minimum atomic E-state index is -1.15. The van der Waals surface area contributed by atoms with Crippen LogP contribution in [-0.4, -0.2) is 28.1 Å². The van der Waals surface area contributed by atoms with E-state index in [1.165, 1.54) is 0 Å². The van der Waals surface area contributed by atoms with Crippen molar-refractivity contribution in [3.8, 4) is 5.88 Å². The van der Waals surface area contributed by atoms with Crippen LogP contribution in [0, 0.1) is 0 Å². The summed E-state index contributed by atoms with van der Waals surface area (Å²) in [5, 5.41) is 10.6. The SMILES string of the molecule is O=C(O)COc1cc(C(=O)Cl)on1. The normalized spacial score (nSPS) is 9.62. The molecule has 0 aromatic carbocycles. The number of carboxylic acids is 1. The van der Waals surface area contributed by atoms with Crippen LogP contribution in [0.25, 0.3) is 0 Å². The van der Waals surface area contributed by atoms with Crippen LogP contribution in [-0.2, 0) is 4.79 Å². The predicted molar refractivity (Wildman–Crippen MR) is 39.8 cm³/mol. The molecular formula is C6H4ClNO5. The van der Waals surface area contributed by atoms with Crippen LogP contribution in [0.15, 0.2) is 10.6 Å². The summed E-state index contributed by atoms with van der Waals surface area (Å²) >= 11 is 5.03. The predicted octanol–water partition coefficient (Wildman–Crippen LogP) is 0.517. The number of hydrogen-bond acceptors (Lipinski definition) is 5. The molecule has 0 amide bonds. The van der Waals surface area contributed by atoms with E-state index in [-0.39, 0.29) is 11.6 Å². The fraction of sp³-hybridized carbons (Fsp3) is 0.167. The summed E-state index contributed by atoms with van der Waals surface area (Å²) in [6, 6.07) is 1.11. The number of carboxylic acid groups (broad SMARTS) is 1. The Morgan fingerprint density at radius 1 is 1.69 bits per heavy atom. The zero-order valence-corrected chi connectivity index (χ0v) is 6.95. The van der Waals surface area contributed by atoms with Gasteiger partial charge in [-0.15, -0.1) is 0 Å². The van der Waals surface area contributed by atoms with Gasteiger partial charge in [0, 0.05) is 0 Å². The molecule has 70 valence electrons. The molecule has 13 heavy (non-hydrogen) atoms. The Labute approximate surface area is 77.0 Å². The molecule has 0 atom stereocenters. The third-order valence-electron chi connectivity index (χ3n) is 1.03. The quantitative estimate of drug-likeness (QED) is 0.721. The largest absolute Gasteiger partial charge is 0.479 e. The first kappa shape index (κ1) is 9.53. The van der Waals surface area contributed by atoms with Crippen molar-refractivity contribution in [2.75, 3.05) is 6.61 Å². The van der Waals surface area contributed by atoms with Gasteiger partial charge < -0.3 is 14.4 Å². The lowest BCUT2D eigenvalue weighted by atomic mass is 10.5. The van der Waals surface area contributed by atoms with E-state index in [0.717, 1.165) is 6.07 Å². The van der Waals surface area contributed by atoms with E-state index < -0.39 is 17.8 Å². The molecule has 0 radical (unpaired) electrons. The highest BCUT2D eigenvalue weighted by molar-refractivity contribution is 6.67. The zero-order valence-electron chi connectivity index (χ0n) is 6.19. The minimum Gasteiger partial charge on any atom is -0.479 e. The summed E-state index contributed by atoms with van der Waals surface area (Å²) in [5.41, 5.74) is 0. The number of aromatic nitrogens is 1. The van der Waals surface area contributed by atoms with Gasteiger partial charge >= 0.3 is 5.97 Å². The number of hydrogen-bond donors (Lipinski definition) is 1. The molecule has 0 aliphatic carbocycles. The lowest BCUT2D eigenvalue weighted by Crippen LogP contribution is -2.09. The molecule has 1 heterocycles. The Bertz CT molecular complexity index is 334. The van der Waals surface area contributed by atoms with Gasteiger partial charge in [0.2, 0.25) is 5.76 Å². The summed E-state index contributed by atoms with van der Waals surface area (Å²) in [6.07, 6.45) is 0. The first-order valence-electron chi connectivity index (χ1n) is 3.10. The Kier molecular flexibility index (Phi) is 2.86. The van der Waals surface area contributed by atoms with E-state index in [2.05, 4.69) is 14.4 Å². The molecule has 7 heteroatoms. The Hall–Kier alpha value is -1.56. The maximum Gasteiger partial charge on any atom is 0.341 e. The van der Waals surface area contributed by atoms with E-state index >= 15 is 0 Å². The van der Waals surface area contributed by atoms with E-state index in [1.807, 2.05) is 0 Å². The average Bonchev–Trinajstić information content (AvgIpc) is 2.48. The molecule has 0 saturated carbocycles. The molecule has 0 spiro atoms. The van der Waals surface area contributed by atoms with Gasteiger partial charge in [-0.1, -0.05) is 0 Å². The molecule has 1 aromatic rings. The standard InChI is InChI=1S/C6H4ClNO5/c7-6(11)3-1-4(8-13-3)12-2-5(9)10/h1H,2H2,(H,9,10). The Morgan fingerprint density at radius 2 is 2.38 bits per heavy atom. The lowest BCUT2D eigenvalue weighted by Gasteiger charge is -1.93. The van der Waals surface area contributed by atoms with Crippen LogP contribution < -0.4 is 4.74 Å². The number of rotatable bonds is 4.